The summed E-state index contributed by atoms with van der Waals surface area (Å²) in [5.41, 5.74) is 1.05. The van der Waals surface area contributed by atoms with E-state index < -0.39 is 5.97 Å². The lowest BCUT2D eigenvalue weighted by Crippen LogP contribution is -2.31. The first-order chi connectivity index (χ1) is 10.1. The van der Waals surface area contributed by atoms with E-state index in [1.165, 1.54) is 0 Å². The fourth-order valence-corrected chi connectivity index (χ4v) is 2.82. The second-order valence-corrected chi connectivity index (χ2v) is 5.40. The van der Waals surface area contributed by atoms with Gasteiger partial charge in [0.1, 0.15) is 5.75 Å². The Labute approximate surface area is 124 Å². The Morgan fingerprint density at radius 3 is 2.67 bits per heavy atom. The van der Waals surface area contributed by atoms with E-state index in [0.29, 0.717) is 32.2 Å². The number of carboxylic acids is 1. The Hall–Kier alpha value is -2.04. The number of ether oxygens (including phenoxy) is 1. The number of aliphatic carboxylic acids is 1. The van der Waals surface area contributed by atoms with Crippen molar-refractivity contribution >= 4 is 11.9 Å². The van der Waals surface area contributed by atoms with E-state index in [9.17, 15) is 9.59 Å². The lowest BCUT2D eigenvalue weighted by Gasteiger charge is -2.12. The Morgan fingerprint density at radius 2 is 2.00 bits per heavy atom. The summed E-state index contributed by atoms with van der Waals surface area (Å²) < 4.78 is 5.27. The Balaban J connectivity index is 1.78. The summed E-state index contributed by atoms with van der Waals surface area (Å²) >= 11 is 0. The predicted molar refractivity (Wildman–Crippen MR) is 78.2 cm³/mol. The van der Waals surface area contributed by atoms with Crippen LogP contribution in [0.25, 0.3) is 0 Å². The van der Waals surface area contributed by atoms with Crippen molar-refractivity contribution in [2.75, 3.05) is 13.7 Å². The maximum atomic E-state index is 12.0. The van der Waals surface area contributed by atoms with Gasteiger partial charge < -0.3 is 15.2 Å². The molecule has 0 bridgehead atoms. The molecule has 21 heavy (non-hydrogen) atoms. The minimum atomic E-state index is -0.792. The third-order valence-corrected chi connectivity index (χ3v) is 4.04. The molecular formula is C16H21NO4. The second kappa shape index (κ2) is 7.11. The highest BCUT2D eigenvalue weighted by Gasteiger charge is 2.33. The van der Waals surface area contributed by atoms with Gasteiger partial charge in [-0.15, -0.1) is 0 Å². The van der Waals surface area contributed by atoms with Crippen LogP contribution in [0.3, 0.4) is 0 Å². The number of nitrogens with one attached hydrogen (secondary N) is 1. The molecule has 5 nitrogen and oxygen atoms in total. The van der Waals surface area contributed by atoms with Gasteiger partial charge in [0.25, 0.3) is 0 Å². The maximum absolute atomic E-state index is 12.0. The molecule has 114 valence electrons. The molecule has 5 heteroatoms. The van der Waals surface area contributed by atoms with Crippen molar-refractivity contribution < 1.29 is 19.4 Å². The molecule has 1 aliphatic rings. The molecule has 0 heterocycles. The third kappa shape index (κ3) is 3.97. The molecule has 0 aliphatic heterocycles. The van der Waals surface area contributed by atoms with Gasteiger partial charge in [-0.1, -0.05) is 18.2 Å². The number of carboxylic acid groups (broad SMARTS) is 1. The molecule has 2 atom stereocenters. The monoisotopic (exact) mass is 291 g/mol. The van der Waals surface area contributed by atoms with Gasteiger partial charge in [-0.25, -0.2) is 0 Å². The number of hydrogen-bond acceptors (Lipinski definition) is 3. The van der Waals surface area contributed by atoms with E-state index in [1.807, 2.05) is 24.3 Å². The van der Waals surface area contributed by atoms with Crippen molar-refractivity contribution in [2.24, 2.45) is 11.8 Å². The minimum absolute atomic E-state index is 0.0337. The number of para-hydroxylation sites is 1. The third-order valence-electron chi connectivity index (χ3n) is 4.04. The van der Waals surface area contributed by atoms with Gasteiger partial charge in [0.15, 0.2) is 0 Å². The summed E-state index contributed by atoms with van der Waals surface area (Å²) in [5.74, 6) is -0.537. The number of benzene rings is 1. The van der Waals surface area contributed by atoms with Crippen LogP contribution < -0.4 is 10.1 Å². The van der Waals surface area contributed by atoms with Crippen molar-refractivity contribution in [1.82, 2.24) is 5.32 Å². The number of amides is 1. The van der Waals surface area contributed by atoms with Crippen LogP contribution in [0.15, 0.2) is 24.3 Å². The molecule has 1 saturated carbocycles. The Morgan fingerprint density at radius 1 is 1.29 bits per heavy atom. The van der Waals surface area contributed by atoms with Gasteiger partial charge in [0, 0.05) is 12.5 Å². The molecule has 2 N–H and O–H groups in total. The zero-order chi connectivity index (χ0) is 15.2. The van der Waals surface area contributed by atoms with Crippen molar-refractivity contribution in [3.63, 3.8) is 0 Å². The lowest BCUT2D eigenvalue weighted by atomic mass is 10.0. The molecule has 1 amide bonds. The first-order valence-corrected chi connectivity index (χ1v) is 7.24. The lowest BCUT2D eigenvalue weighted by molar-refractivity contribution is -0.141. The molecule has 0 radical (unpaired) electrons. The summed E-state index contributed by atoms with van der Waals surface area (Å²) in [4.78, 5) is 22.9. The molecule has 1 aliphatic carbocycles. The van der Waals surface area contributed by atoms with E-state index in [1.54, 1.807) is 7.11 Å². The average Bonchev–Trinajstić information content (AvgIpc) is 2.98. The molecule has 2 rings (SSSR count). The van der Waals surface area contributed by atoms with Crippen LogP contribution in [0.5, 0.6) is 5.75 Å². The molecule has 0 spiro atoms. The number of carbonyl (C=O) groups is 2. The molecule has 1 fully saturated rings. The van der Waals surface area contributed by atoms with E-state index in [4.69, 9.17) is 9.84 Å². The van der Waals surface area contributed by atoms with Crippen LogP contribution in [-0.2, 0) is 16.0 Å². The molecule has 0 saturated heterocycles. The molecular weight excluding hydrogens is 270 g/mol. The highest BCUT2D eigenvalue weighted by atomic mass is 16.5. The molecule has 1 aromatic rings. The minimum Gasteiger partial charge on any atom is -0.496 e. The molecule has 0 aromatic heterocycles. The summed E-state index contributed by atoms with van der Waals surface area (Å²) in [6.07, 6.45) is 2.41. The quantitative estimate of drug-likeness (QED) is 0.838. The molecule has 2 unspecified atom stereocenters. The maximum Gasteiger partial charge on any atom is 0.306 e. The summed E-state index contributed by atoms with van der Waals surface area (Å²) in [7, 11) is 1.63. The zero-order valence-corrected chi connectivity index (χ0v) is 12.2. The normalized spacial score (nSPS) is 21.0. The highest BCUT2D eigenvalue weighted by molar-refractivity contribution is 5.80. The Kier molecular flexibility index (Phi) is 5.20. The number of methoxy groups -OCH3 is 1. The van der Waals surface area contributed by atoms with Gasteiger partial charge in [-0.05, 0) is 37.3 Å². The summed E-state index contributed by atoms with van der Waals surface area (Å²) in [6, 6.07) is 7.71. The smallest absolute Gasteiger partial charge is 0.306 e. The topological polar surface area (TPSA) is 75.6 Å². The highest BCUT2D eigenvalue weighted by Crippen LogP contribution is 2.31. The van der Waals surface area contributed by atoms with Crippen molar-refractivity contribution in [3.8, 4) is 5.75 Å². The SMILES string of the molecule is COc1ccccc1CCNC(=O)C1CCC(C(=O)O)C1. The van der Waals surface area contributed by atoms with E-state index in [2.05, 4.69) is 5.32 Å². The van der Waals surface area contributed by atoms with Gasteiger partial charge in [0.2, 0.25) is 5.91 Å². The summed E-state index contributed by atoms with van der Waals surface area (Å²) in [6.45, 7) is 0.535. The van der Waals surface area contributed by atoms with E-state index in [0.717, 1.165) is 11.3 Å². The number of hydrogen-bond donors (Lipinski definition) is 2. The van der Waals surface area contributed by atoms with Gasteiger partial charge in [-0.3, -0.25) is 9.59 Å². The predicted octanol–water partition coefficient (Wildman–Crippen LogP) is 1.85. The second-order valence-electron chi connectivity index (χ2n) is 5.40. The van der Waals surface area contributed by atoms with Gasteiger partial charge in [-0.2, -0.15) is 0 Å². The number of rotatable bonds is 6. The fourth-order valence-electron chi connectivity index (χ4n) is 2.82. The molecule has 1 aromatic carbocycles. The van der Waals surface area contributed by atoms with Crippen molar-refractivity contribution in [1.29, 1.82) is 0 Å². The van der Waals surface area contributed by atoms with Gasteiger partial charge >= 0.3 is 5.97 Å². The van der Waals surface area contributed by atoms with Crippen LogP contribution in [0.2, 0.25) is 0 Å². The number of carbonyl (C=O) groups excluding carboxylic acids is 1. The standard InChI is InChI=1S/C16H21NO4/c1-21-14-5-3-2-4-11(14)8-9-17-15(18)12-6-7-13(10-12)16(19)20/h2-5,12-13H,6-10H2,1H3,(H,17,18)(H,19,20). The van der Waals surface area contributed by atoms with E-state index in [-0.39, 0.29) is 17.7 Å². The van der Waals surface area contributed by atoms with Crippen LogP contribution in [0.4, 0.5) is 0 Å². The van der Waals surface area contributed by atoms with Crippen molar-refractivity contribution in [2.45, 2.75) is 25.7 Å². The van der Waals surface area contributed by atoms with Gasteiger partial charge in [0.05, 0.1) is 13.0 Å². The van der Waals surface area contributed by atoms with Crippen LogP contribution in [0.1, 0.15) is 24.8 Å². The Bertz CT molecular complexity index is 515. The first kappa shape index (κ1) is 15.4. The van der Waals surface area contributed by atoms with E-state index >= 15 is 0 Å². The van der Waals surface area contributed by atoms with Crippen LogP contribution in [-0.4, -0.2) is 30.6 Å². The fraction of sp³-hybridized carbons (Fsp3) is 0.500. The van der Waals surface area contributed by atoms with Crippen molar-refractivity contribution in [3.05, 3.63) is 29.8 Å². The average molecular weight is 291 g/mol. The summed E-state index contributed by atoms with van der Waals surface area (Å²) in [5, 5.41) is 11.8. The largest absolute Gasteiger partial charge is 0.496 e. The first-order valence-electron chi connectivity index (χ1n) is 7.24. The zero-order valence-electron chi connectivity index (χ0n) is 12.2. The van der Waals surface area contributed by atoms with Crippen LogP contribution in [0, 0.1) is 11.8 Å². The van der Waals surface area contributed by atoms with Crippen LogP contribution >= 0.6 is 0 Å².